The fraction of sp³-hybridized carbons (Fsp3) is 0.250. The monoisotopic (exact) mass is 479 g/mol. The number of aromatic nitrogens is 3. The Balaban J connectivity index is 1.50. The standard InChI is InChI=1S/C20H19Cl2N5OS2/c1-12-8-9-26(16-4-2-3-5-17(16)30-12)18(28)11-29-20-25-24-19(27(20)23)14-7-6-13(21)10-15(14)22/h2-7,10,12H,8-9,11,23H2,1H3. The summed E-state index contributed by atoms with van der Waals surface area (Å²) in [5, 5.41) is 10.1. The molecule has 0 spiro atoms. The van der Waals surface area contributed by atoms with E-state index in [1.165, 1.54) is 16.4 Å². The van der Waals surface area contributed by atoms with Crippen LogP contribution in [0.5, 0.6) is 0 Å². The molecule has 0 saturated carbocycles. The highest BCUT2D eigenvalue weighted by atomic mass is 35.5. The van der Waals surface area contributed by atoms with Gasteiger partial charge in [0.15, 0.2) is 5.82 Å². The third-order valence-corrected chi connectivity index (χ3v) is 7.42. The Morgan fingerprint density at radius 3 is 2.87 bits per heavy atom. The Hall–Kier alpha value is -1.87. The van der Waals surface area contributed by atoms with Crippen molar-refractivity contribution >= 4 is 58.3 Å². The number of carbonyl (C=O) groups is 1. The maximum atomic E-state index is 13.0. The summed E-state index contributed by atoms with van der Waals surface area (Å²) < 4.78 is 1.35. The quantitative estimate of drug-likeness (QED) is 0.420. The van der Waals surface area contributed by atoms with E-state index in [-0.39, 0.29) is 11.7 Å². The van der Waals surface area contributed by atoms with Crippen LogP contribution in [0.1, 0.15) is 13.3 Å². The highest BCUT2D eigenvalue weighted by Gasteiger charge is 2.25. The molecule has 1 aliphatic rings. The van der Waals surface area contributed by atoms with Crippen molar-refractivity contribution in [3.63, 3.8) is 0 Å². The maximum Gasteiger partial charge on any atom is 0.237 e. The number of amides is 1. The van der Waals surface area contributed by atoms with Crippen LogP contribution >= 0.6 is 46.7 Å². The molecule has 2 N–H and O–H groups in total. The average molecular weight is 480 g/mol. The largest absolute Gasteiger partial charge is 0.335 e. The first-order valence-electron chi connectivity index (χ1n) is 9.29. The molecule has 2 aromatic carbocycles. The van der Waals surface area contributed by atoms with Gasteiger partial charge >= 0.3 is 0 Å². The Labute approximate surface area is 193 Å². The van der Waals surface area contributed by atoms with Gasteiger partial charge in [0.05, 0.1) is 16.5 Å². The molecule has 0 radical (unpaired) electrons. The predicted octanol–water partition coefficient (Wildman–Crippen LogP) is 4.98. The summed E-state index contributed by atoms with van der Waals surface area (Å²) in [6, 6.07) is 13.1. The molecule has 1 amide bonds. The van der Waals surface area contributed by atoms with Crippen LogP contribution in [0.2, 0.25) is 10.0 Å². The topological polar surface area (TPSA) is 77.0 Å². The van der Waals surface area contributed by atoms with E-state index in [4.69, 9.17) is 29.0 Å². The summed E-state index contributed by atoms with van der Waals surface area (Å²) in [7, 11) is 0. The minimum absolute atomic E-state index is 0.0104. The SMILES string of the molecule is CC1CCN(C(=O)CSc2nnc(-c3ccc(Cl)cc3Cl)n2N)c2ccccc2S1. The van der Waals surface area contributed by atoms with E-state index >= 15 is 0 Å². The lowest BCUT2D eigenvalue weighted by molar-refractivity contribution is -0.116. The number of nitrogen functional groups attached to an aromatic ring is 1. The number of halogens is 2. The van der Waals surface area contributed by atoms with E-state index in [0.717, 1.165) is 17.0 Å². The third kappa shape index (κ3) is 4.42. The highest BCUT2D eigenvalue weighted by molar-refractivity contribution is 8.00. The summed E-state index contributed by atoms with van der Waals surface area (Å²) in [6.45, 7) is 2.87. The van der Waals surface area contributed by atoms with Crippen molar-refractivity contribution in [1.82, 2.24) is 14.9 Å². The maximum absolute atomic E-state index is 13.0. The van der Waals surface area contributed by atoms with Gasteiger partial charge in [-0.2, -0.15) is 0 Å². The second-order valence-corrected chi connectivity index (χ2v) is 10.1. The van der Waals surface area contributed by atoms with Crippen LogP contribution in [0.25, 0.3) is 11.4 Å². The molecule has 6 nitrogen and oxygen atoms in total. The number of fused-ring (bicyclic) bond motifs is 1. The lowest BCUT2D eigenvalue weighted by Gasteiger charge is -2.22. The zero-order valence-electron chi connectivity index (χ0n) is 16.1. The zero-order valence-corrected chi connectivity index (χ0v) is 19.2. The number of hydrogen-bond acceptors (Lipinski definition) is 6. The number of carbonyl (C=O) groups excluding carboxylic acids is 1. The van der Waals surface area contributed by atoms with Crippen molar-refractivity contribution in [2.24, 2.45) is 0 Å². The lowest BCUT2D eigenvalue weighted by atomic mass is 10.2. The molecule has 0 saturated heterocycles. The van der Waals surface area contributed by atoms with Crippen LogP contribution in [-0.2, 0) is 4.79 Å². The Kier molecular flexibility index (Phi) is 6.48. The van der Waals surface area contributed by atoms with Crippen LogP contribution in [0.4, 0.5) is 5.69 Å². The van der Waals surface area contributed by atoms with E-state index < -0.39 is 0 Å². The first-order valence-corrected chi connectivity index (χ1v) is 11.9. The van der Waals surface area contributed by atoms with E-state index in [0.29, 0.717) is 38.4 Å². The third-order valence-electron chi connectivity index (χ3n) is 4.71. The fourth-order valence-corrected chi connectivity index (χ4v) is 5.52. The number of thioether (sulfide) groups is 2. The van der Waals surface area contributed by atoms with Gasteiger partial charge in [0.25, 0.3) is 0 Å². The highest BCUT2D eigenvalue weighted by Crippen LogP contribution is 2.37. The second kappa shape index (κ2) is 9.09. The van der Waals surface area contributed by atoms with Crippen LogP contribution in [0.15, 0.2) is 52.5 Å². The van der Waals surface area contributed by atoms with E-state index in [9.17, 15) is 4.79 Å². The molecule has 10 heteroatoms. The minimum Gasteiger partial charge on any atom is -0.335 e. The molecule has 30 heavy (non-hydrogen) atoms. The number of rotatable bonds is 4. The predicted molar refractivity (Wildman–Crippen MR) is 125 cm³/mol. The number of hydrogen-bond donors (Lipinski definition) is 1. The molecule has 1 atom stereocenters. The molecular weight excluding hydrogens is 461 g/mol. The van der Waals surface area contributed by atoms with Crippen LogP contribution in [0, 0.1) is 0 Å². The molecule has 2 heterocycles. The van der Waals surface area contributed by atoms with Crippen molar-refractivity contribution < 1.29 is 4.79 Å². The molecule has 0 bridgehead atoms. The molecule has 1 unspecified atom stereocenters. The zero-order chi connectivity index (χ0) is 21.3. The van der Waals surface area contributed by atoms with Crippen molar-refractivity contribution in [2.45, 2.75) is 28.6 Å². The average Bonchev–Trinajstić information content (AvgIpc) is 2.98. The molecule has 4 rings (SSSR count). The molecule has 0 aliphatic carbocycles. The minimum atomic E-state index is 0.0104. The summed E-state index contributed by atoms with van der Waals surface area (Å²) >= 11 is 15.3. The number of benzene rings is 2. The van der Waals surface area contributed by atoms with Gasteiger partial charge in [-0.05, 0) is 36.8 Å². The van der Waals surface area contributed by atoms with E-state index in [1.54, 1.807) is 30.0 Å². The van der Waals surface area contributed by atoms with Gasteiger partial charge < -0.3 is 10.7 Å². The molecular formula is C20H19Cl2N5OS2. The summed E-state index contributed by atoms with van der Waals surface area (Å²) in [4.78, 5) is 16.0. The Bertz CT molecular complexity index is 1090. The summed E-state index contributed by atoms with van der Waals surface area (Å²) in [6.07, 6.45) is 0.933. The van der Waals surface area contributed by atoms with Crippen molar-refractivity contribution in [3.05, 3.63) is 52.5 Å². The van der Waals surface area contributed by atoms with Gasteiger partial charge in [-0.1, -0.05) is 54.0 Å². The fourth-order valence-electron chi connectivity index (χ4n) is 3.18. The lowest BCUT2D eigenvalue weighted by Crippen LogP contribution is -2.33. The van der Waals surface area contributed by atoms with Crippen molar-refractivity contribution in [2.75, 3.05) is 23.0 Å². The number of anilines is 1. The number of nitrogens with zero attached hydrogens (tertiary/aromatic N) is 4. The molecule has 156 valence electrons. The van der Waals surface area contributed by atoms with Gasteiger partial charge in [-0.15, -0.1) is 22.0 Å². The molecule has 3 aromatic rings. The molecule has 1 aromatic heterocycles. The number of para-hydroxylation sites is 1. The molecule has 1 aliphatic heterocycles. The first-order chi connectivity index (χ1) is 14.4. The summed E-state index contributed by atoms with van der Waals surface area (Å²) in [5.74, 6) is 6.81. The van der Waals surface area contributed by atoms with E-state index in [1.807, 2.05) is 23.1 Å². The van der Waals surface area contributed by atoms with Gasteiger partial charge in [-0.3, -0.25) is 4.79 Å². The van der Waals surface area contributed by atoms with Gasteiger partial charge in [-0.25, -0.2) is 4.68 Å². The van der Waals surface area contributed by atoms with Gasteiger partial charge in [0.2, 0.25) is 11.1 Å². The number of nitrogens with two attached hydrogens (primary N) is 1. The molecule has 0 fully saturated rings. The van der Waals surface area contributed by atoms with Crippen LogP contribution in [-0.4, -0.2) is 38.3 Å². The Morgan fingerprint density at radius 2 is 2.07 bits per heavy atom. The van der Waals surface area contributed by atoms with Crippen molar-refractivity contribution in [3.8, 4) is 11.4 Å². The van der Waals surface area contributed by atoms with Crippen LogP contribution < -0.4 is 10.7 Å². The summed E-state index contributed by atoms with van der Waals surface area (Å²) in [5.41, 5.74) is 1.59. The normalized spacial score (nSPS) is 16.2. The first kappa shape index (κ1) is 21.4. The van der Waals surface area contributed by atoms with Gasteiger partial charge in [0, 0.05) is 27.3 Å². The van der Waals surface area contributed by atoms with Crippen LogP contribution in [0.3, 0.4) is 0 Å². The Morgan fingerprint density at radius 1 is 1.27 bits per heavy atom. The van der Waals surface area contributed by atoms with E-state index in [2.05, 4.69) is 23.2 Å². The second-order valence-electron chi connectivity index (χ2n) is 6.82. The smallest absolute Gasteiger partial charge is 0.237 e. The van der Waals surface area contributed by atoms with Gasteiger partial charge in [0.1, 0.15) is 0 Å². The van der Waals surface area contributed by atoms with Crippen molar-refractivity contribution in [1.29, 1.82) is 0 Å².